The molecule has 0 aromatic heterocycles. The summed E-state index contributed by atoms with van der Waals surface area (Å²) in [7, 11) is 0. The molecule has 0 bridgehead atoms. The molecule has 2 nitrogen and oxygen atoms in total. The van der Waals surface area contributed by atoms with Crippen molar-refractivity contribution in [3.8, 4) is 0 Å². The van der Waals surface area contributed by atoms with Gasteiger partial charge < -0.3 is 5.32 Å². The molecule has 0 heterocycles. The average molecular weight is 260 g/mol. The fourth-order valence-electron chi connectivity index (χ4n) is 1.21. The third kappa shape index (κ3) is 10.1. The number of carbonyl (C=O) groups is 1. The molecule has 0 aliphatic carbocycles. The van der Waals surface area contributed by atoms with Crippen molar-refractivity contribution in [3.05, 3.63) is 0 Å². The van der Waals surface area contributed by atoms with Crippen molar-refractivity contribution < 1.29 is 18.0 Å². The lowest BCUT2D eigenvalue weighted by molar-refractivity contribution is -0.153. The summed E-state index contributed by atoms with van der Waals surface area (Å²) in [6, 6.07) is 0. The number of amides is 1. The second-order valence-electron chi connectivity index (χ2n) is 4.96. The van der Waals surface area contributed by atoms with Crippen molar-refractivity contribution in [1.82, 2.24) is 5.32 Å². The molecule has 1 N–H and O–H groups in total. The molecule has 16 heavy (non-hydrogen) atoms. The van der Waals surface area contributed by atoms with Gasteiger partial charge in [-0.2, -0.15) is 13.2 Å². The highest BCUT2D eigenvalue weighted by molar-refractivity contribution is 6.20. The van der Waals surface area contributed by atoms with Gasteiger partial charge in [-0.25, -0.2) is 0 Å². The minimum absolute atomic E-state index is 0.0127. The Bertz CT molecular complexity index is 235. The van der Waals surface area contributed by atoms with E-state index in [2.05, 4.69) is 5.32 Å². The second-order valence-corrected chi connectivity index (χ2v) is 5.58. The van der Waals surface area contributed by atoms with Gasteiger partial charge in [-0.1, -0.05) is 20.8 Å². The van der Waals surface area contributed by atoms with Crippen molar-refractivity contribution in [2.24, 2.45) is 5.41 Å². The number of rotatable bonds is 4. The molecule has 6 heteroatoms. The number of hydrogen-bond acceptors (Lipinski definition) is 1. The zero-order valence-electron chi connectivity index (χ0n) is 9.62. The van der Waals surface area contributed by atoms with Crippen molar-refractivity contribution in [3.63, 3.8) is 0 Å². The smallest absolute Gasteiger partial charge is 0.354 e. The summed E-state index contributed by atoms with van der Waals surface area (Å²) in [6.07, 6.45) is -5.29. The van der Waals surface area contributed by atoms with Crippen molar-refractivity contribution >= 4 is 17.5 Å². The third-order valence-corrected chi connectivity index (χ3v) is 2.02. The SMILES string of the molecule is CC(C)(C)CC(Cl)CNC(=O)CC(F)(F)F. The summed E-state index contributed by atoms with van der Waals surface area (Å²) in [6.45, 7) is 5.98. The van der Waals surface area contributed by atoms with Crippen LogP contribution in [0.2, 0.25) is 0 Å². The Hall–Kier alpha value is -0.450. The molecule has 0 fully saturated rings. The highest BCUT2D eigenvalue weighted by Gasteiger charge is 2.31. The van der Waals surface area contributed by atoms with Crippen LogP contribution in [0.3, 0.4) is 0 Å². The average Bonchev–Trinajstić information content (AvgIpc) is 1.94. The van der Waals surface area contributed by atoms with Crippen LogP contribution in [0.1, 0.15) is 33.6 Å². The normalized spacial score (nSPS) is 14.7. The molecule has 0 saturated carbocycles. The van der Waals surface area contributed by atoms with E-state index >= 15 is 0 Å². The zero-order valence-corrected chi connectivity index (χ0v) is 10.4. The lowest BCUT2D eigenvalue weighted by Crippen LogP contribution is -2.34. The highest BCUT2D eigenvalue weighted by atomic mass is 35.5. The minimum Gasteiger partial charge on any atom is -0.354 e. The van der Waals surface area contributed by atoms with Crippen LogP contribution in [0, 0.1) is 5.41 Å². The summed E-state index contributed by atoms with van der Waals surface area (Å²) in [5.74, 6) is -1.04. The summed E-state index contributed by atoms with van der Waals surface area (Å²) in [5.41, 5.74) is -0.0127. The van der Waals surface area contributed by atoms with Gasteiger partial charge in [-0.15, -0.1) is 11.6 Å². The maximum atomic E-state index is 11.8. The Morgan fingerprint density at radius 2 is 1.81 bits per heavy atom. The van der Waals surface area contributed by atoms with E-state index < -0.39 is 18.5 Å². The maximum Gasteiger partial charge on any atom is 0.397 e. The first-order valence-electron chi connectivity index (χ1n) is 4.97. The van der Waals surface area contributed by atoms with E-state index in [-0.39, 0.29) is 17.3 Å². The number of nitrogens with one attached hydrogen (secondary N) is 1. The van der Waals surface area contributed by atoms with Gasteiger partial charge in [0.1, 0.15) is 6.42 Å². The molecule has 0 saturated heterocycles. The van der Waals surface area contributed by atoms with Gasteiger partial charge in [0, 0.05) is 6.54 Å². The fraction of sp³-hybridized carbons (Fsp3) is 0.900. The Morgan fingerprint density at radius 3 is 2.19 bits per heavy atom. The van der Waals surface area contributed by atoms with E-state index in [1.165, 1.54) is 0 Å². The Labute approximate surface area is 98.5 Å². The predicted molar refractivity (Wildman–Crippen MR) is 57.4 cm³/mol. The van der Waals surface area contributed by atoms with Crippen LogP contribution in [0.15, 0.2) is 0 Å². The lowest BCUT2D eigenvalue weighted by atomic mass is 9.90. The Kier molecular flexibility index (Phi) is 5.59. The van der Waals surface area contributed by atoms with Gasteiger partial charge in [-0.3, -0.25) is 4.79 Å². The maximum absolute atomic E-state index is 11.8. The number of alkyl halides is 4. The predicted octanol–water partition coefficient (Wildman–Crippen LogP) is 3.10. The van der Waals surface area contributed by atoms with E-state index in [4.69, 9.17) is 11.6 Å². The molecule has 0 radical (unpaired) electrons. The fourth-order valence-corrected chi connectivity index (χ4v) is 1.75. The lowest BCUT2D eigenvalue weighted by Gasteiger charge is -2.22. The first-order chi connectivity index (χ1) is 6.99. The quantitative estimate of drug-likeness (QED) is 0.773. The molecule has 0 rings (SSSR count). The number of halogens is 4. The van der Waals surface area contributed by atoms with Crippen LogP contribution in [0.4, 0.5) is 13.2 Å². The van der Waals surface area contributed by atoms with E-state index in [0.717, 1.165) is 0 Å². The largest absolute Gasteiger partial charge is 0.397 e. The molecule has 96 valence electrons. The van der Waals surface area contributed by atoms with Crippen LogP contribution >= 0.6 is 11.6 Å². The molecule has 0 aromatic carbocycles. The van der Waals surface area contributed by atoms with Gasteiger partial charge in [0.2, 0.25) is 5.91 Å². The standard InChI is InChI=1S/C10H17ClF3NO/c1-9(2,3)4-7(11)6-15-8(16)5-10(12,13)14/h7H,4-6H2,1-3H3,(H,15,16). The molecular weight excluding hydrogens is 243 g/mol. The van der Waals surface area contributed by atoms with Gasteiger partial charge in [0.15, 0.2) is 0 Å². The minimum atomic E-state index is -4.46. The Balaban J connectivity index is 3.85. The van der Waals surface area contributed by atoms with E-state index in [1.807, 2.05) is 20.8 Å². The van der Waals surface area contributed by atoms with E-state index in [1.54, 1.807) is 0 Å². The highest BCUT2D eigenvalue weighted by Crippen LogP contribution is 2.23. The van der Waals surface area contributed by atoms with E-state index in [0.29, 0.717) is 6.42 Å². The van der Waals surface area contributed by atoms with Crippen LogP contribution in [-0.4, -0.2) is 24.0 Å². The molecule has 1 atom stereocenters. The summed E-state index contributed by atoms with van der Waals surface area (Å²) in [5, 5.41) is 1.82. The van der Waals surface area contributed by atoms with Crippen molar-refractivity contribution in [1.29, 1.82) is 0 Å². The molecular formula is C10H17ClF3NO. The molecule has 0 aromatic rings. The topological polar surface area (TPSA) is 29.1 Å². The first kappa shape index (κ1) is 15.6. The van der Waals surface area contributed by atoms with Gasteiger partial charge in [0.25, 0.3) is 0 Å². The first-order valence-corrected chi connectivity index (χ1v) is 5.41. The Morgan fingerprint density at radius 1 is 1.31 bits per heavy atom. The van der Waals surface area contributed by atoms with Gasteiger partial charge in [-0.05, 0) is 11.8 Å². The van der Waals surface area contributed by atoms with Crippen LogP contribution in [-0.2, 0) is 4.79 Å². The zero-order chi connectivity index (χ0) is 13.0. The van der Waals surface area contributed by atoms with Gasteiger partial charge >= 0.3 is 6.18 Å². The molecule has 1 amide bonds. The van der Waals surface area contributed by atoms with Crippen LogP contribution in [0.25, 0.3) is 0 Å². The summed E-state index contributed by atoms with van der Waals surface area (Å²) < 4.78 is 35.4. The van der Waals surface area contributed by atoms with Crippen LogP contribution < -0.4 is 5.32 Å². The molecule has 0 spiro atoms. The molecule has 0 aliphatic rings. The van der Waals surface area contributed by atoms with Crippen molar-refractivity contribution in [2.45, 2.75) is 45.2 Å². The summed E-state index contributed by atoms with van der Waals surface area (Å²) in [4.78, 5) is 10.8. The van der Waals surface area contributed by atoms with Gasteiger partial charge in [0.05, 0.1) is 5.38 Å². The third-order valence-electron chi connectivity index (χ3n) is 1.72. The second kappa shape index (κ2) is 5.75. The number of hydrogen-bond donors (Lipinski definition) is 1. The summed E-state index contributed by atoms with van der Waals surface area (Å²) >= 11 is 5.88. The van der Waals surface area contributed by atoms with E-state index in [9.17, 15) is 18.0 Å². The monoisotopic (exact) mass is 259 g/mol. The molecule has 1 unspecified atom stereocenters. The van der Waals surface area contributed by atoms with Crippen molar-refractivity contribution in [2.75, 3.05) is 6.54 Å². The molecule has 0 aliphatic heterocycles. The van der Waals surface area contributed by atoms with Crippen LogP contribution in [0.5, 0.6) is 0 Å². The number of carbonyl (C=O) groups excluding carboxylic acids is 1.